The molecule has 3 rings (SSSR count). The zero-order valence-electron chi connectivity index (χ0n) is 15.8. The van der Waals surface area contributed by atoms with E-state index in [0.717, 1.165) is 17.9 Å². The van der Waals surface area contributed by atoms with Crippen LogP contribution in [-0.2, 0) is 5.41 Å². The van der Waals surface area contributed by atoms with Crippen molar-refractivity contribution < 1.29 is 9.53 Å². The first kappa shape index (κ1) is 18.6. The third kappa shape index (κ3) is 3.98. The summed E-state index contributed by atoms with van der Waals surface area (Å²) >= 11 is 1.80. The van der Waals surface area contributed by atoms with Crippen molar-refractivity contribution in [1.29, 1.82) is 0 Å². The Balaban J connectivity index is 1.76. The lowest BCUT2D eigenvalue weighted by atomic mass is 9.87. The van der Waals surface area contributed by atoms with Gasteiger partial charge in [0.2, 0.25) is 0 Å². The molecule has 0 aliphatic carbocycles. The number of hydrogen-bond acceptors (Lipinski definition) is 3. The first-order valence-electron chi connectivity index (χ1n) is 8.83. The van der Waals surface area contributed by atoms with Crippen molar-refractivity contribution in [2.24, 2.45) is 0 Å². The van der Waals surface area contributed by atoms with Gasteiger partial charge in [-0.15, -0.1) is 11.8 Å². The Morgan fingerprint density at radius 2 is 1.85 bits per heavy atom. The molecule has 2 amide bonds. The number of nitrogens with one attached hydrogen (secondary N) is 1. The number of nitrogens with zero attached hydrogens (tertiary/aromatic N) is 1. The van der Waals surface area contributed by atoms with Gasteiger partial charge in [-0.05, 0) is 28.7 Å². The molecule has 5 heteroatoms. The molecule has 1 saturated heterocycles. The lowest BCUT2D eigenvalue weighted by Gasteiger charge is -2.26. The van der Waals surface area contributed by atoms with Crippen LogP contribution in [0.2, 0.25) is 0 Å². The van der Waals surface area contributed by atoms with Gasteiger partial charge in [0.25, 0.3) is 0 Å². The van der Waals surface area contributed by atoms with E-state index in [9.17, 15) is 4.79 Å². The van der Waals surface area contributed by atoms with Gasteiger partial charge in [-0.2, -0.15) is 0 Å². The van der Waals surface area contributed by atoms with E-state index in [4.69, 9.17) is 4.74 Å². The summed E-state index contributed by atoms with van der Waals surface area (Å²) in [6.45, 7) is 7.36. The standard InChI is InChI=1S/C21H26N2O2S/c1-21(2,3)16-11-9-15(10-12-16)19-23(13-14-26-19)20(24)22-17-7-5-6-8-18(17)25-4/h5-12,19H,13-14H2,1-4H3,(H,22,24). The number of carbonyl (C=O) groups is 1. The minimum atomic E-state index is -0.0932. The molecule has 26 heavy (non-hydrogen) atoms. The summed E-state index contributed by atoms with van der Waals surface area (Å²) in [5.41, 5.74) is 3.28. The predicted molar refractivity (Wildman–Crippen MR) is 109 cm³/mol. The van der Waals surface area contributed by atoms with Crippen molar-refractivity contribution in [1.82, 2.24) is 4.90 Å². The van der Waals surface area contributed by atoms with Crippen molar-refractivity contribution in [3.8, 4) is 5.75 Å². The van der Waals surface area contributed by atoms with Gasteiger partial charge in [-0.25, -0.2) is 4.79 Å². The highest BCUT2D eigenvalue weighted by atomic mass is 32.2. The lowest BCUT2D eigenvalue weighted by Crippen LogP contribution is -2.34. The molecule has 1 atom stereocenters. The first-order chi connectivity index (χ1) is 12.4. The Labute approximate surface area is 159 Å². The molecule has 1 N–H and O–H groups in total. The summed E-state index contributed by atoms with van der Waals surface area (Å²) < 4.78 is 5.33. The molecule has 1 heterocycles. The predicted octanol–water partition coefficient (Wildman–Crippen LogP) is 5.27. The fourth-order valence-electron chi connectivity index (χ4n) is 3.04. The highest BCUT2D eigenvalue weighted by Gasteiger charge is 2.31. The number of hydrogen-bond donors (Lipinski definition) is 1. The maximum atomic E-state index is 12.8. The minimum Gasteiger partial charge on any atom is -0.495 e. The molecule has 0 aromatic heterocycles. The number of rotatable bonds is 3. The van der Waals surface area contributed by atoms with Crippen LogP contribution in [0.25, 0.3) is 0 Å². The van der Waals surface area contributed by atoms with Gasteiger partial charge < -0.3 is 15.0 Å². The average molecular weight is 371 g/mol. The highest BCUT2D eigenvalue weighted by molar-refractivity contribution is 7.99. The zero-order chi connectivity index (χ0) is 18.7. The van der Waals surface area contributed by atoms with Crippen LogP contribution in [0.5, 0.6) is 5.75 Å². The summed E-state index contributed by atoms with van der Waals surface area (Å²) in [4.78, 5) is 14.7. The molecule has 0 bridgehead atoms. The smallest absolute Gasteiger partial charge is 0.323 e. The minimum absolute atomic E-state index is 0.0405. The summed E-state index contributed by atoms with van der Waals surface area (Å²) in [7, 11) is 1.61. The SMILES string of the molecule is COc1ccccc1NC(=O)N1CCSC1c1ccc(C(C)(C)C)cc1. The monoisotopic (exact) mass is 370 g/mol. The lowest BCUT2D eigenvalue weighted by molar-refractivity contribution is 0.214. The van der Waals surface area contributed by atoms with Crippen molar-refractivity contribution in [3.63, 3.8) is 0 Å². The van der Waals surface area contributed by atoms with Crippen LogP contribution in [-0.4, -0.2) is 30.3 Å². The van der Waals surface area contributed by atoms with E-state index < -0.39 is 0 Å². The maximum Gasteiger partial charge on any atom is 0.323 e. The van der Waals surface area contributed by atoms with Gasteiger partial charge >= 0.3 is 6.03 Å². The van der Waals surface area contributed by atoms with Crippen LogP contribution in [0.3, 0.4) is 0 Å². The molecule has 2 aromatic rings. The van der Waals surface area contributed by atoms with Gasteiger partial charge in [-0.3, -0.25) is 0 Å². The molecule has 0 spiro atoms. The quantitative estimate of drug-likeness (QED) is 0.800. The van der Waals surface area contributed by atoms with Gasteiger partial charge in [0.15, 0.2) is 0 Å². The Bertz CT molecular complexity index is 768. The molecule has 1 aliphatic heterocycles. The molecule has 2 aromatic carbocycles. The first-order valence-corrected chi connectivity index (χ1v) is 9.88. The van der Waals surface area contributed by atoms with Gasteiger partial charge in [-0.1, -0.05) is 57.2 Å². The highest BCUT2D eigenvalue weighted by Crippen LogP contribution is 2.39. The summed E-state index contributed by atoms with van der Waals surface area (Å²) in [5.74, 6) is 1.60. The number of anilines is 1. The normalized spacial score (nSPS) is 17.2. The Kier molecular flexibility index (Phi) is 5.47. The van der Waals surface area contributed by atoms with Crippen LogP contribution >= 0.6 is 11.8 Å². The number of benzene rings is 2. The van der Waals surface area contributed by atoms with Crippen LogP contribution in [0.1, 0.15) is 37.3 Å². The van der Waals surface area contributed by atoms with E-state index in [1.54, 1.807) is 18.9 Å². The van der Waals surface area contributed by atoms with Crippen molar-refractivity contribution in [3.05, 3.63) is 59.7 Å². The van der Waals surface area contributed by atoms with Crippen LogP contribution < -0.4 is 10.1 Å². The van der Waals surface area contributed by atoms with Crippen molar-refractivity contribution in [2.45, 2.75) is 31.6 Å². The second-order valence-electron chi connectivity index (χ2n) is 7.42. The second kappa shape index (κ2) is 7.62. The van der Waals surface area contributed by atoms with Crippen LogP contribution in [0.15, 0.2) is 48.5 Å². The van der Waals surface area contributed by atoms with Gasteiger partial charge in [0.1, 0.15) is 11.1 Å². The third-order valence-electron chi connectivity index (χ3n) is 4.56. The van der Waals surface area contributed by atoms with E-state index in [0.29, 0.717) is 11.4 Å². The van der Waals surface area contributed by atoms with E-state index in [1.165, 1.54) is 5.56 Å². The maximum absolute atomic E-state index is 12.8. The molecule has 4 nitrogen and oxygen atoms in total. The molecule has 1 aliphatic rings. The van der Waals surface area contributed by atoms with E-state index in [1.807, 2.05) is 29.2 Å². The Morgan fingerprint density at radius 3 is 2.50 bits per heavy atom. The summed E-state index contributed by atoms with van der Waals surface area (Å²) in [6, 6.07) is 16.0. The third-order valence-corrected chi connectivity index (χ3v) is 5.82. The second-order valence-corrected chi connectivity index (χ2v) is 8.61. The van der Waals surface area contributed by atoms with Crippen LogP contribution in [0.4, 0.5) is 10.5 Å². The van der Waals surface area contributed by atoms with Gasteiger partial charge in [0.05, 0.1) is 12.8 Å². The molecule has 1 unspecified atom stereocenters. The Morgan fingerprint density at radius 1 is 1.15 bits per heavy atom. The summed E-state index contributed by atoms with van der Waals surface area (Å²) in [5, 5.41) is 3.03. The topological polar surface area (TPSA) is 41.6 Å². The summed E-state index contributed by atoms with van der Waals surface area (Å²) in [6.07, 6.45) is 0. The van der Waals surface area contributed by atoms with E-state index in [-0.39, 0.29) is 16.8 Å². The number of para-hydroxylation sites is 2. The van der Waals surface area contributed by atoms with E-state index in [2.05, 4.69) is 50.4 Å². The number of amides is 2. The number of carbonyl (C=O) groups excluding carboxylic acids is 1. The van der Waals surface area contributed by atoms with Gasteiger partial charge in [0, 0.05) is 12.3 Å². The molecule has 0 saturated carbocycles. The molecule has 0 radical (unpaired) electrons. The fourth-order valence-corrected chi connectivity index (χ4v) is 4.29. The largest absolute Gasteiger partial charge is 0.495 e. The molecule has 138 valence electrons. The number of thioether (sulfide) groups is 1. The van der Waals surface area contributed by atoms with Crippen LogP contribution in [0, 0.1) is 0 Å². The average Bonchev–Trinajstić information content (AvgIpc) is 3.11. The number of ether oxygens (including phenoxy) is 1. The van der Waals surface area contributed by atoms with Crippen molar-refractivity contribution in [2.75, 3.05) is 24.7 Å². The number of urea groups is 1. The molecular formula is C21H26N2O2S. The van der Waals surface area contributed by atoms with Crippen molar-refractivity contribution >= 4 is 23.5 Å². The zero-order valence-corrected chi connectivity index (χ0v) is 16.6. The van der Waals surface area contributed by atoms with E-state index >= 15 is 0 Å². The molecular weight excluding hydrogens is 344 g/mol. The Hall–Kier alpha value is -2.14. The fraction of sp³-hybridized carbons (Fsp3) is 0.381. The molecule has 1 fully saturated rings. The number of methoxy groups -OCH3 is 1.